The Bertz CT molecular complexity index is 830. The van der Waals surface area contributed by atoms with Crippen molar-refractivity contribution in [2.45, 2.75) is 20.0 Å². The summed E-state index contributed by atoms with van der Waals surface area (Å²) in [5.41, 5.74) is 3.74. The monoisotopic (exact) mass is 382 g/mol. The van der Waals surface area contributed by atoms with E-state index in [1.54, 1.807) is 12.4 Å². The van der Waals surface area contributed by atoms with E-state index in [1.165, 1.54) is 0 Å². The smallest absolute Gasteiger partial charge is 0.174 e. The maximum atomic E-state index is 6.22. The first-order valence-electron chi connectivity index (χ1n) is 8.24. The number of benzene rings is 1. The van der Waals surface area contributed by atoms with Crippen LogP contribution in [-0.4, -0.2) is 20.0 Å². The average molecular weight is 383 g/mol. The number of aromatic nitrogens is 2. The normalized spacial score (nSPS) is 10.4. The topological polar surface area (TPSA) is 41.0 Å². The van der Waals surface area contributed by atoms with Gasteiger partial charge in [0.2, 0.25) is 0 Å². The van der Waals surface area contributed by atoms with Gasteiger partial charge in [-0.15, -0.1) is 0 Å². The second kappa shape index (κ2) is 8.74. The van der Waals surface area contributed by atoms with Gasteiger partial charge in [0.15, 0.2) is 5.11 Å². The Morgan fingerprint density at radius 2 is 1.58 bits per heavy atom. The van der Waals surface area contributed by atoms with Gasteiger partial charge in [0.25, 0.3) is 0 Å². The number of rotatable bonds is 5. The summed E-state index contributed by atoms with van der Waals surface area (Å²) in [5.74, 6) is 0. The van der Waals surface area contributed by atoms with E-state index in [2.05, 4.69) is 15.3 Å². The lowest BCUT2D eigenvalue weighted by atomic mass is 10.2. The van der Waals surface area contributed by atoms with Crippen LogP contribution in [0.3, 0.4) is 0 Å². The molecule has 0 aliphatic heterocycles. The molecule has 0 spiro atoms. The van der Waals surface area contributed by atoms with Crippen molar-refractivity contribution in [3.05, 3.63) is 89.0 Å². The first-order valence-corrected chi connectivity index (χ1v) is 9.03. The second-order valence-electron chi connectivity index (χ2n) is 5.84. The van der Waals surface area contributed by atoms with E-state index in [1.807, 2.05) is 66.4 Å². The van der Waals surface area contributed by atoms with Crippen LogP contribution in [0.15, 0.2) is 67.0 Å². The zero-order valence-electron chi connectivity index (χ0n) is 14.4. The number of nitrogens with one attached hydrogen (secondary N) is 1. The fourth-order valence-electron chi connectivity index (χ4n) is 2.51. The molecule has 0 unspecified atom stereocenters. The molecule has 0 fully saturated rings. The van der Waals surface area contributed by atoms with Gasteiger partial charge in [-0.2, -0.15) is 0 Å². The van der Waals surface area contributed by atoms with Gasteiger partial charge in [-0.1, -0.05) is 29.8 Å². The molecule has 3 aromatic rings. The molecule has 132 valence electrons. The molecule has 6 heteroatoms. The molecule has 3 rings (SSSR count). The largest absolute Gasteiger partial charge is 0.337 e. The SMILES string of the molecule is Cc1c(Cl)cccc1NC(=S)N(Cc1ccccn1)Cc1ccccn1. The van der Waals surface area contributed by atoms with Gasteiger partial charge < -0.3 is 10.2 Å². The Labute approximate surface area is 163 Å². The average Bonchev–Trinajstić information content (AvgIpc) is 2.66. The summed E-state index contributed by atoms with van der Waals surface area (Å²) in [7, 11) is 0. The first-order chi connectivity index (χ1) is 12.6. The zero-order chi connectivity index (χ0) is 18.4. The second-order valence-corrected chi connectivity index (χ2v) is 6.63. The van der Waals surface area contributed by atoms with Crippen LogP contribution in [0.5, 0.6) is 0 Å². The van der Waals surface area contributed by atoms with E-state index in [9.17, 15) is 0 Å². The van der Waals surface area contributed by atoms with Gasteiger partial charge >= 0.3 is 0 Å². The minimum Gasteiger partial charge on any atom is -0.337 e. The molecule has 0 atom stereocenters. The van der Waals surface area contributed by atoms with Crippen molar-refractivity contribution in [2.24, 2.45) is 0 Å². The van der Waals surface area contributed by atoms with Crippen LogP contribution < -0.4 is 5.32 Å². The molecule has 0 amide bonds. The van der Waals surface area contributed by atoms with Gasteiger partial charge in [0, 0.05) is 23.1 Å². The number of thiocarbonyl (C=S) groups is 1. The van der Waals surface area contributed by atoms with Gasteiger partial charge in [-0.05, 0) is 61.1 Å². The lowest BCUT2D eigenvalue weighted by molar-refractivity contribution is 0.402. The van der Waals surface area contributed by atoms with Crippen molar-refractivity contribution in [3.8, 4) is 0 Å². The predicted octanol–water partition coefficient (Wildman–Crippen LogP) is 4.84. The van der Waals surface area contributed by atoms with Crippen molar-refractivity contribution in [2.75, 3.05) is 5.32 Å². The van der Waals surface area contributed by atoms with E-state index in [0.717, 1.165) is 22.6 Å². The molecule has 0 saturated heterocycles. The highest BCUT2D eigenvalue weighted by atomic mass is 35.5. The van der Waals surface area contributed by atoms with Crippen LogP contribution in [0.25, 0.3) is 0 Å². The Kier molecular flexibility index (Phi) is 6.15. The molecular weight excluding hydrogens is 364 g/mol. The highest BCUT2D eigenvalue weighted by molar-refractivity contribution is 7.80. The molecule has 0 saturated carbocycles. The number of hydrogen-bond donors (Lipinski definition) is 1. The van der Waals surface area contributed by atoms with Crippen LogP contribution >= 0.6 is 23.8 Å². The maximum absolute atomic E-state index is 6.22. The van der Waals surface area contributed by atoms with Crippen molar-refractivity contribution < 1.29 is 0 Å². The van der Waals surface area contributed by atoms with Gasteiger partial charge in [0.05, 0.1) is 24.5 Å². The number of pyridine rings is 2. The number of hydrogen-bond acceptors (Lipinski definition) is 3. The van der Waals surface area contributed by atoms with Crippen molar-refractivity contribution in [3.63, 3.8) is 0 Å². The van der Waals surface area contributed by atoms with E-state index >= 15 is 0 Å². The van der Waals surface area contributed by atoms with E-state index < -0.39 is 0 Å². The summed E-state index contributed by atoms with van der Waals surface area (Å²) in [6.45, 7) is 3.14. The van der Waals surface area contributed by atoms with Crippen LogP contribution in [0.2, 0.25) is 5.02 Å². The minimum absolute atomic E-state index is 0.586. The third kappa shape index (κ3) is 4.77. The van der Waals surface area contributed by atoms with Gasteiger partial charge in [0.1, 0.15) is 0 Å². The fourth-order valence-corrected chi connectivity index (χ4v) is 2.92. The number of halogens is 1. The summed E-state index contributed by atoms with van der Waals surface area (Å²) < 4.78 is 0. The quantitative estimate of drug-likeness (QED) is 0.639. The molecule has 4 nitrogen and oxygen atoms in total. The summed E-state index contributed by atoms with van der Waals surface area (Å²) in [4.78, 5) is 10.9. The molecule has 1 aromatic carbocycles. The van der Waals surface area contributed by atoms with Gasteiger partial charge in [-0.3, -0.25) is 9.97 Å². The van der Waals surface area contributed by atoms with Crippen molar-refractivity contribution >= 4 is 34.6 Å². The lowest BCUT2D eigenvalue weighted by Crippen LogP contribution is -2.34. The lowest BCUT2D eigenvalue weighted by Gasteiger charge is -2.26. The molecule has 0 aliphatic rings. The van der Waals surface area contributed by atoms with Gasteiger partial charge in [-0.25, -0.2) is 0 Å². The highest BCUT2D eigenvalue weighted by Crippen LogP contribution is 2.23. The molecule has 1 N–H and O–H groups in total. The molecule has 2 aromatic heterocycles. The number of nitrogens with zero attached hydrogens (tertiary/aromatic N) is 3. The standard InChI is InChI=1S/C20H19ClN4S/c1-15-18(21)9-6-10-19(15)24-20(26)25(13-16-7-2-4-11-22-16)14-17-8-3-5-12-23-17/h2-12H,13-14H2,1H3,(H,24,26). The molecule has 0 radical (unpaired) electrons. The van der Waals surface area contributed by atoms with Crippen LogP contribution in [0.4, 0.5) is 5.69 Å². The third-order valence-electron chi connectivity index (χ3n) is 3.95. The molecule has 0 bridgehead atoms. The molecule has 26 heavy (non-hydrogen) atoms. The summed E-state index contributed by atoms with van der Waals surface area (Å²) >= 11 is 11.9. The van der Waals surface area contributed by atoms with Crippen molar-refractivity contribution in [1.82, 2.24) is 14.9 Å². The summed E-state index contributed by atoms with van der Waals surface area (Å²) in [6.07, 6.45) is 3.57. The maximum Gasteiger partial charge on any atom is 0.174 e. The number of anilines is 1. The molecular formula is C20H19ClN4S. The fraction of sp³-hybridized carbons (Fsp3) is 0.150. The van der Waals surface area contributed by atoms with Crippen LogP contribution in [-0.2, 0) is 13.1 Å². The predicted molar refractivity (Wildman–Crippen MR) is 110 cm³/mol. The first kappa shape index (κ1) is 18.3. The van der Waals surface area contributed by atoms with Crippen molar-refractivity contribution in [1.29, 1.82) is 0 Å². The Morgan fingerprint density at radius 3 is 2.12 bits per heavy atom. The highest BCUT2D eigenvalue weighted by Gasteiger charge is 2.14. The van der Waals surface area contributed by atoms with E-state index in [0.29, 0.717) is 23.2 Å². The third-order valence-corrected chi connectivity index (χ3v) is 4.72. The van der Waals surface area contributed by atoms with E-state index in [4.69, 9.17) is 23.8 Å². The Balaban J connectivity index is 1.81. The van der Waals surface area contributed by atoms with Crippen LogP contribution in [0, 0.1) is 6.92 Å². The Morgan fingerprint density at radius 1 is 0.962 bits per heavy atom. The Hall–Kier alpha value is -2.50. The minimum atomic E-state index is 0.586. The summed E-state index contributed by atoms with van der Waals surface area (Å²) in [5, 5.41) is 4.62. The summed E-state index contributed by atoms with van der Waals surface area (Å²) in [6, 6.07) is 17.5. The molecule has 0 aliphatic carbocycles. The van der Waals surface area contributed by atoms with E-state index in [-0.39, 0.29) is 0 Å². The molecule has 2 heterocycles. The zero-order valence-corrected chi connectivity index (χ0v) is 16.0. The van der Waals surface area contributed by atoms with Crippen LogP contribution in [0.1, 0.15) is 17.0 Å².